The number of aromatic nitrogens is 1. The summed E-state index contributed by atoms with van der Waals surface area (Å²) in [5, 5.41) is 0. The summed E-state index contributed by atoms with van der Waals surface area (Å²) in [6.07, 6.45) is 2.74. The summed E-state index contributed by atoms with van der Waals surface area (Å²) in [6.45, 7) is 3.54. The predicted octanol–water partition coefficient (Wildman–Crippen LogP) is 2.60. The topological polar surface area (TPSA) is 97.9 Å². The Labute approximate surface area is 187 Å². The molecule has 0 radical (unpaired) electrons. The van der Waals surface area contributed by atoms with Gasteiger partial charge in [-0.1, -0.05) is 6.07 Å². The molecule has 1 spiro atoms. The minimum Gasteiger partial charge on any atom is -0.495 e. The number of guanidine groups is 1. The molecule has 4 rings (SSSR count). The van der Waals surface area contributed by atoms with Gasteiger partial charge >= 0.3 is 0 Å². The molecule has 2 atom stereocenters. The van der Waals surface area contributed by atoms with Gasteiger partial charge < -0.3 is 10.5 Å². The van der Waals surface area contributed by atoms with Gasteiger partial charge in [-0.05, 0) is 61.9 Å². The molecule has 1 aromatic carbocycles. The lowest BCUT2D eigenvalue weighted by molar-refractivity contribution is 0.0987. The number of nitrogens with zero attached hydrogens (tertiary/aromatic N) is 3. The van der Waals surface area contributed by atoms with Crippen LogP contribution in [0, 0.1) is 12.7 Å². The summed E-state index contributed by atoms with van der Waals surface area (Å²) in [7, 11) is 0.317. The Kier molecular flexibility index (Phi) is 5.08. The molecule has 170 valence electrons. The summed E-state index contributed by atoms with van der Waals surface area (Å²) in [5.74, 6) is 3.91. The van der Waals surface area contributed by atoms with E-state index in [9.17, 15) is 9.00 Å². The van der Waals surface area contributed by atoms with Gasteiger partial charge in [0, 0.05) is 19.0 Å². The van der Waals surface area contributed by atoms with E-state index in [0.29, 0.717) is 35.4 Å². The minimum atomic E-state index is -2.82. The van der Waals surface area contributed by atoms with Gasteiger partial charge in [-0.3, -0.25) is 9.10 Å². The van der Waals surface area contributed by atoms with Crippen molar-refractivity contribution in [1.29, 1.82) is 0 Å². The number of hydrogen-bond acceptors (Lipinski definition) is 6. The fourth-order valence-electron chi connectivity index (χ4n) is 4.63. The van der Waals surface area contributed by atoms with Crippen molar-refractivity contribution in [1.82, 2.24) is 9.29 Å². The lowest BCUT2D eigenvalue weighted by Crippen LogP contribution is -2.58. The second-order valence-electron chi connectivity index (χ2n) is 8.63. The van der Waals surface area contributed by atoms with Crippen molar-refractivity contribution in [3.63, 3.8) is 0 Å². The van der Waals surface area contributed by atoms with Crippen LogP contribution in [0.5, 0.6) is 5.75 Å². The van der Waals surface area contributed by atoms with E-state index in [-0.39, 0.29) is 23.7 Å². The molecular formula is C23H27FN4O3S. The molecule has 1 fully saturated rings. The third kappa shape index (κ3) is 3.09. The number of benzene rings is 1. The maximum Gasteiger partial charge on any atom is 0.203 e. The lowest BCUT2D eigenvalue weighted by Gasteiger charge is -2.45. The van der Waals surface area contributed by atoms with Crippen molar-refractivity contribution >= 4 is 27.3 Å². The first kappa shape index (κ1) is 22.3. The first-order valence-electron chi connectivity index (χ1n) is 10.3. The number of halogens is 1. The number of ketones is 1. The number of methoxy groups -OCH3 is 1. The smallest absolute Gasteiger partial charge is 0.203 e. The van der Waals surface area contributed by atoms with Crippen LogP contribution in [-0.2, 0) is 21.7 Å². The van der Waals surface area contributed by atoms with Gasteiger partial charge in [0.15, 0.2) is 5.78 Å². The molecule has 1 aliphatic heterocycles. The van der Waals surface area contributed by atoms with Crippen molar-refractivity contribution < 1.29 is 18.1 Å². The van der Waals surface area contributed by atoms with Gasteiger partial charge in [0.25, 0.3) is 0 Å². The van der Waals surface area contributed by atoms with E-state index in [2.05, 4.69) is 15.8 Å². The molecule has 0 saturated heterocycles. The third-order valence-electron chi connectivity index (χ3n) is 6.78. The zero-order valence-electron chi connectivity index (χ0n) is 18.6. The van der Waals surface area contributed by atoms with Crippen LogP contribution in [0.2, 0.25) is 0 Å². The van der Waals surface area contributed by atoms with Crippen LogP contribution in [0.4, 0.5) is 4.39 Å². The monoisotopic (exact) mass is 458 g/mol. The predicted molar refractivity (Wildman–Crippen MR) is 124 cm³/mol. The average molecular weight is 459 g/mol. The highest BCUT2D eigenvalue weighted by molar-refractivity contribution is 8.00. The Morgan fingerprint density at radius 2 is 2.06 bits per heavy atom. The second kappa shape index (κ2) is 7.30. The van der Waals surface area contributed by atoms with Gasteiger partial charge in [0.1, 0.15) is 22.8 Å². The van der Waals surface area contributed by atoms with Crippen LogP contribution in [0.1, 0.15) is 46.9 Å². The van der Waals surface area contributed by atoms with Gasteiger partial charge in [-0.15, -0.1) is 0 Å². The molecule has 2 heterocycles. The molecule has 2 aliphatic rings. The second-order valence-corrected chi connectivity index (χ2v) is 11.2. The van der Waals surface area contributed by atoms with E-state index in [1.54, 1.807) is 39.1 Å². The maximum absolute atomic E-state index is 15.1. The Morgan fingerprint density at radius 1 is 1.38 bits per heavy atom. The number of ether oxygens (including phenoxy) is 1. The molecule has 32 heavy (non-hydrogen) atoms. The molecule has 1 unspecified atom stereocenters. The highest BCUT2D eigenvalue weighted by Crippen LogP contribution is 2.60. The van der Waals surface area contributed by atoms with E-state index in [1.807, 2.05) is 0 Å². The number of carbonyl (C=O) groups is 1. The molecule has 1 aliphatic carbocycles. The third-order valence-corrected chi connectivity index (χ3v) is 9.88. The fraction of sp³-hybridized carbons (Fsp3) is 0.391. The Balaban J connectivity index is 1.73. The largest absolute Gasteiger partial charge is 0.495 e. The summed E-state index contributed by atoms with van der Waals surface area (Å²) in [4.78, 5) is 21.7. The first-order chi connectivity index (χ1) is 15.0. The zero-order chi connectivity index (χ0) is 23.5. The number of rotatable bonds is 5. The number of nitrogens with two attached hydrogens (primary N) is 1. The van der Waals surface area contributed by atoms with Crippen molar-refractivity contribution in [3.05, 3.63) is 58.7 Å². The van der Waals surface area contributed by atoms with E-state index >= 15 is 4.39 Å². The SMILES string of the molecule is C=S1(=O)N(C)C(N)=N[C@](C)(c2cc(CC(=O)c3ncc(OC)cc3C)ccc2F)C12CC2. The molecular weight excluding hydrogens is 431 g/mol. The number of aliphatic imine (C=N–C) groups is 1. The molecule has 2 aromatic rings. The van der Waals surface area contributed by atoms with Crippen LogP contribution in [-0.4, -0.2) is 50.0 Å². The Morgan fingerprint density at radius 3 is 2.66 bits per heavy atom. The highest BCUT2D eigenvalue weighted by Gasteiger charge is 2.67. The average Bonchev–Trinajstić information content (AvgIpc) is 3.56. The minimum absolute atomic E-state index is 0.0371. The number of Topliss-reactive ketones (excluding diaryl/α,β-unsaturated/α-hetero) is 1. The standard InChI is InChI=1S/C23H27FN4O3S/c1-14-10-16(31-4)13-26-20(14)19(29)12-15-6-7-18(24)17(11-15)22(2)23(8-9-23)32(5,30)28(3)21(25)27-22/h6-7,10-11,13H,5,8-9,12H2,1-4H3,(H2,25,27)/t22-,32?/m1/s1. The fourth-order valence-corrected chi connectivity index (χ4v) is 7.01. The van der Waals surface area contributed by atoms with Gasteiger partial charge in [-0.2, -0.15) is 0 Å². The van der Waals surface area contributed by atoms with Gasteiger partial charge in [-0.25, -0.2) is 18.6 Å². The van der Waals surface area contributed by atoms with Crippen LogP contribution in [0.15, 0.2) is 35.5 Å². The summed E-state index contributed by atoms with van der Waals surface area (Å²) < 4.78 is 34.4. The highest BCUT2D eigenvalue weighted by atomic mass is 32.2. The van der Waals surface area contributed by atoms with Crippen molar-refractivity contribution in [2.45, 2.75) is 43.4 Å². The number of aryl methyl sites for hydroxylation is 1. The molecule has 0 bridgehead atoms. The molecule has 2 N–H and O–H groups in total. The zero-order valence-corrected chi connectivity index (χ0v) is 19.5. The van der Waals surface area contributed by atoms with E-state index in [4.69, 9.17) is 10.5 Å². The maximum atomic E-state index is 15.1. The van der Waals surface area contributed by atoms with Crippen LogP contribution in [0.3, 0.4) is 0 Å². The Hall–Kier alpha value is -2.94. The molecule has 1 aromatic heterocycles. The van der Waals surface area contributed by atoms with E-state index in [0.717, 1.165) is 0 Å². The van der Waals surface area contributed by atoms with Gasteiger partial charge in [0.05, 0.1) is 27.8 Å². The van der Waals surface area contributed by atoms with Crippen LogP contribution >= 0.6 is 0 Å². The number of hydrogen-bond donors (Lipinski definition) is 1. The van der Waals surface area contributed by atoms with E-state index < -0.39 is 25.8 Å². The molecule has 9 heteroatoms. The van der Waals surface area contributed by atoms with Crippen LogP contribution < -0.4 is 10.5 Å². The van der Waals surface area contributed by atoms with Crippen molar-refractivity contribution in [3.8, 4) is 5.75 Å². The van der Waals surface area contributed by atoms with E-state index in [1.165, 1.54) is 23.7 Å². The molecule has 1 saturated carbocycles. The van der Waals surface area contributed by atoms with Crippen molar-refractivity contribution in [2.24, 2.45) is 10.7 Å². The van der Waals surface area contributed by atoms with Crippen LogP contribution in [0.25, 0.3) is 0 Å². The first-order valence-corrected chi connectivity index (χ1v) is 11.9. The summed E-state index contributed by atoms with van der Waals surface area (Å²) in [6, 6.07) is 6.27. The Bertz CT molecular complexity index is 1250. The van der Waals surface area contributed by atoms with Gasteiger partial charge in [0.2, 0.25) is 5.96 Å². The molecule has 0 amide bonds. The molecule has 7 nitrogen and oxygen atoms in total. The number of carbonyl (C=O) groups excluding carboxylic acids is 1. The quantitative estimate of drug-likeness (QED) is 0.549. The van der Waals surface area contributed by atoms with Crippen molar-refractivity contribution in [2.75, 3.05) is 14.2 Å². The normalized spacial score (nSPS) is 26.0. The number of pyridine rings is 1. The summed E-state index contributed by atoms with van der Waals surface area (Å²) in [5.41, 5.74) is 6.83. The lowest BCUT2D eigenvalue weighted by atomic mass is 9.85. The summed E-state index contributed by atoms with van der Waals surface area (Å²) >= 11 is 0.